The Bertz CT molecular complexity index is 3200. The summed E-state index contributed by atoms with van der Waals surface area (Å²) in [5, 5.41) is 11.4. The molecule has 0 spiro atoms. The number of hydrogen-bond donors (Lipinski definition) is 0. The molecular weight excluding hydrogens is 680 g/mol. The molecule has 54 heavy (non-hydrogen) atoms. The Kier molecular flexibility index (Phi) is 6.83. The van der Waals surface area contributed by atoms with Gasteiger partial charge in [-0.2, -0.15) is 0 Å². The molecule has 254 valence electrons. The van der Waals surface area contributed by atoms with Crippen molar-refractivity contribution in [3.05, 3.63) is 188 Å². The predicted molar refractivity (Wildman–Crippen MR) is 226 cm³/mol. The number of rotatable bonds is 5. The van der Waals surface area contributed by atoms with Gasteiger partial charge in [0.2, 0.25) is 0 Å². The van der Waals surface area contributed by atoms with E-state index in [1.165, 1.54) is 27.1 Å². The fourth-order valence-corrected chi connectivity index (χ4v) is 11.0. The molecule has 3 nitrogen and oxygen atoms in total. The van der Waals surface area contributed by atoms with Crippen molar-refractivity contribution >= 4 is 88.5 Å². The predicted octanol–water partition coefficient (Wildman–Crippen LogP) is 12.8. The summed E-state index contributed by atoms with van der Waals surface area (Å²) in [7, 11) is -3.15. The van der Waals surface area contributed by atoms with Gasteiger partial charge in [-0.1, -0.05) is 127 Å². The van der Waals surface area contributed by atoms with Crippen LogP contribution in [0.15, 0.2) is 197 Å². The van der Waals surface area contributed by atoms with Crippen LogP contribution in [0.1, 0.15) is 0 Å². The molecule has 2 aromatic heterocycles. The molecule has 0 saturated heterocycles. The zero-order chi connectivity index (χ0) is 35.8. The van der Waals surface area contributed by atoms with E-state index in [0.717, 1.165) is 76.5 Å². The molecule has 0 aliphatic heterocycles. The number of fused-ring (bicyclic) bond motifs is 8. The maximum absolute atomic E-state index is 15.2. The Balaban J connectivity index is 1.06. The van der Waals surface area contributed by atoms with Crippen molar-refractivity contribution in [1.82, 2.24) is 0 Å². The fourth-order valence-electron chi connectivity index (χ4n) is 8.30. The minimum absolute atomic E-state index is 0.767. The van der Waals surface area contributed by atoms with Crippen LogP contribution in [-0.2, 0) is 4.57 Å². The van der Waals surface area contributed by atoms with Gasteiger partial charge in [0, 0.05) is 37.5 Å². The van der Waals surface area contributed by atoms with Crippen LogP contribution in [0.2, 0.25) is 0 Å². The second-order valence-corrected chi connectivity index (χ2v) is 16.8. The van der Waals surface area contributed by atoms with Gasteiger partial charge in [-0.3, -0.25) is 0 Å². The molecule has 0 fully saturated rings. The van der Waals surface area contributed by atoms with Gasteiger partial charge in [0.25, 0.3) is 0 Å². The van der Waals surface area contributed by atoms with Crippen LogP contribution < -0.4 is 15.9 Å². The average molecular weight is 711 g/mol. The molecular formula is C50H31O3P. The molecule has 0 saturated carbocycles. The summed E-state index contributed by atoms with van der Waals surface area (Å²) in [4.78, 5) is 0. The zero-order valence-corrected chi connectivity index (χ0v) is 30.0. The lowest BCUT2D eigenvalue weighted by atomic mass is 9.91. The van der Waals surface area contributed by atoms with E-state index in [-0.39, 0.29) is 0 Å². The molecule has 9 aromatic carbocycles. The third-order valence-electron chi connectivity index (χ3n) is 10.9. The third kappa shape index (κ3) is 4.72. The van der Waals surface area contributed by atoms with E-state index in [4.69, 9.17) is 8.83 Å². The maximum atomic E-state index is 15.2. The van der Waals surface area contributed by atoms with Crippen LogP contribution in [0.5, 0.6) is 0 Å². The Morgan fingerprint density at radius 1 is 0.315 bits per heavy atom. The normalized spacial score (nSPS) is 12.1. The Morgan fingerprint density at radius 2 is 0.722 bits per heavy atom. The molecule has 0 radical (unpaired) electrons. The lowest BCUT2D eigenvalue weighted by Crippen LogP contribution is -2.24. The summed E-state index contributed by atoms with van der Waals surface area (Å²) >= 11 is 0. The number of benzene rings is 9. The van der Waals surface area contributed by atoms with Crippen molar-refractivity contribution in [2.24, 2.45) is 0 Å². The first-order valence-electron chi connectivity index (χ1n) is 18.2. The SMILES string of the molecule is O=P(c1ccccc1)(c1ccccc1)c1ccc2oc3ccc(-c4ccc5oc6ccc(-c7c8ccccc8cc8ccccc78)cc6c5c4)cc3c2c1. The second kappa shape index (κ2) is 11.9. The molecule has 11 rings (SSSR count). The van der Waals surface area contributed by atoms with Gasteiger partial charge in [-0.25, -0.2) is 0 Å². The van der Waals surface area contributed by atoms with E-state index < -0.39 is 7.14 Å². The van der Waals surface area contributed by atoms with Gasteiger partial charge in [-0.05, 0) is 104 Å². The van der Waals surface area contributed by atoms with Crippen molar-refractivity contribution in [2.45, 2.75) is 0 Å². The molecule has 0 aliphatic rings. The first-order chi connectivity index (χ1) is 26.6. The smallest absolute Gasteiger partial charge is 0.171 e. The topological polar surface area (TPSA) is 43.4 Å². The molecule has 2 heterocycles. The Morgan fingerprint density at radius 3 is 1.24 bits per heavy atom. The molecule has 0 unspecified atom stereocenters. The number of hydrogen-bond acceptors (Lipinski definition) is 3. The van der Waals surface area contributed by atoms with Gasteiger partial charge in [0.15, 0.2) is 7.14 Å². The Labute approximate surface area is 311 Å². The van der Waals surface area contributed by atoms with Crippen LogP contribution >= 0.6 is 7.14 Å². The van der Waals surface area contributed by atoms with E-state index in [1.54, 1.807) is 0 Å². The highest BCUT2D eigenvalue weighted by Crippen LogP contribution is 2.45. The first kappa shape index (κ1) is 30.9. The molecule has 0 amide bonds. The summed E-state index contributed by atoms with van der Waals surface area (Å²) in [5.41, 5.74) is 7.82. The Hall–Kier alpha value is -6.67. The van der Waals surface area contributed by atoms with E-state index in [1.807, 2.05) is 78.9 Å². The van der Waals surface area contributed by atoms with Crippen LogP contribution in [0.3, 0.4) is 0 Å². The van der Waals surface area contributed by atoms with Crippen LogP contribution in [0, 0.1) is 0 Å². The third-order valence-corrected chi connectivity index (χ3v) is 14.0. The zero-order valence-electron chi connectivity index (χ0n) is 29.1. The van der Waals surface area contributed by atoms with E-state index >= 15 is 4.57 Å². The summed E-state index contributed by atoms with van der Waals surface area (Å²) in [5.74, 6) is 0. The van der Waals surface area contributed by atoms with Gasteiger partial charge in [0.05, 0.1) is 0 Å². The summed E-state index contributed by atoms with van der Waals surface area (Å²) < 4.78 is 28.0. The lowest BCUT2D eigenvalue weighted by molar-refractivity contribution is 0.592. The van der Waals surface area contributed by atoms with Gasteiger partial charge in [-0.15, -0.1) is 0 Å². The monoisotopic (exact) mass is 710 g/mol. The van der Waals surface area contributed by atoms with Crippen molar-refractivity contribution in [2.75, 3.05) is 0 Å². The minimum atomic E-state index is -3.15. The van der Waals surface area contributed by atoms with E-state index in [2.05, 4.69) is 109 Å². The maximum Gasteiger partial charge on any atom is 0.171 e. The highest BCUT2D eigenvalue weighted by atomic mass is 31.2. The van der Waals surface area contributed by atoms with Crippen LogP contribution in [0.25, 0.3) is 87.7 Å². The van der Waals surface area contributed by atoms with Crippen molar-refractivity contribution in [1.29, 1.82) is 0 Å². The van der Waals surface area contributed by atoms with Crippen LogP contribution in [0.4, 0.5) is 0 Å². The fraction of sp³-hybridized carbons (Fsp3) is 0. The van der Waals surface area contributed by atoms with Crippen molar-refractivity contribution < 1.29 is 13.4 Å². The summed E-state index contributed by atoms with van der Waals surface area (Å²) in [6.45, 7) is 0. The average Bonchev–Trinajstić information content (AvgIpc) is 3.80. The van der Waals surface area contributed by atoms with E-state index in [9.17, 15) is 0 Å². The lowest BCUT2D eigenvalue weighted by Gasteiger charge is -2.20. The largest absolute Gasteiger partial charge is 0.456 e. The van der Waals surface area contributed by atoms with E-state index in [0.29, 0.717) is 0 Å². The number of furan rings is 2. The van der Waals surface area contributed by atoms with Crippen LogP contribution in [-0.4, -0.2) is 0 Å². The quantitative estimate of drug-likeness (QED) is 0.132. The minimum Gasteiger partial charge on any atom is -0.456 e. The summed E-state index contributed by atoms with van der Waals surface area (Å²) in [6.07, 6.45) is 0. The van der Waals surface area contributed by atoms with Gasteiger partial charge < -0.3 is 13.4 Å². The van der Waals surface area contributed by atoms with Gasteiger partial charge >= 0.3 is 0 Å². The molecule has 0 atom stereocenters. The molecule has 0 aliphatic carbocycles. The van der Waals surface area contributed by atoms with Crippen molar-refractivity contribution in [3.63, 3.8) is 0 Å². The second-order valence-electron chi connectivity index (χ2n) is 14.0. The molecule has 0 bridgehead atoms. The summed E-state index contributed by atoms with van der Waals surface area (Å²) in [6, 6.07) is 64.5. The van der Waals surface area contributed by atoms with Crippen molar-refractivity contribution in [3.8, 4) is 22.3 Å². The first-order valence-corrected chi connectivity index (χ1v) is 19.9. The molecule has 0 N–H and O–H groups in total. The molecule has 4 heteroatoms. The highest BCUT2D eigenvalue weighted by Gasteiger charge is 2.30. The molecule has 11 aromatic rings. The highest BCUT2D eigenvalue weighted by molar-refractivity contribution is 7.85. The van der Waals surface area contributed by atoms with Gasteiger partial charge in [0.1, 0.15) is 22.3 Å². The standard InChI is InChI=1S/C50H31O3P/c51-54(37-13-3-1-4-14-37,38-15-5-2-6-16-38)39-22-26-49-45(31-39)43-29-33(20-24-47(43)53-49)32-19-23-46-42(28-32)44-30-36(21-25-48(44)52-46)50-40-17-9-7-11-34(40)27-35-12-8-10-18-41(35)50/h1-31H.